The molecular formula is C25H27F2N7O2. The summed E-state index contributed by atoms with van der Waals surface area (Å²) in [6, 6.07) is 5.87. The molecule has 11 heteroatoms. The molecule has 0 spiro atoms. The van der Waals surface area contributed by atoms with Crippen LogP contribution in [0.2, 0.25) is 0 Å². The Bertz CT molecular complexity index is 1350. The van der Waals surface area contributed by atoms with Gasteiger partial charge in [-0.15, -0.1) is 10.2 Å². The van der Waals surface area contributed by atoms with Crippen molar-refractivity contribution < 1.29 is 13.9 Å². The quantitative estimate of drug-likeness (QED) is 0.520. The van der Waals surface area contributed by atoms with Gasteiger partial charge in [0.25, 0.3) is 0 Å². The number of phenolic OH excluding ortho intramolecular Hbond substituents is 1. The van der Waals surface area contributed by atoms with Crippen molar-refractivity contribution in [3.8, 4) is 28.3 Å². The van der Waals surface area contributed by atoms with Gasteiger partial charge in [-0.25, -0.2) is 14.2 Å². The highest BCUT2D eigenvalue weighted by Gasteiger charge is 2.47. The maximum absolute atomic E-state index is 15.4. The third kappa shape index (κ3) is 4.11. The van der Waals surface area contributed by atoms with Crippen LogP contribution in [-0.2, 0) is 7.05 Å². The predicted molar refractivity (Wildman–Crippen MR) is 129 cm³/mol. The summed E-state index contributed by atoms with van der Waals surface area (Å²) in [5, 5.41) is 22.7. The molecular weight excluding hydrogens is 468 g/mol. The molecule has 0 amide bonds. The number of benzene rings is 1. The van der Waals surface area contributed by atoms with E-state index in [2.05, 4.69) is 25.5 Å². The van der Waals surface area contributed by atoms with Crippen molar-refractivity contribution in [3.63, 3.8) is 0 Å². The van der Waals surface area contributed by atoms with E-state index in [1.54, 1.807) is 12.1 Å². The second-order valence-electron chi connectivity index (χ2n) is 9.97. The molecule has 9 nitrogen and oxygen atoms in total. The second kappa shape index (κ2) is 8.88. The predicted octanol–water partition coefficient (Wildman–Crippen LogP) is 2.73. The smallest absolute Gasteiger partial charge is 0.350 e. The van der Waals surface area contributed by atoms with Gasteiger partial charge in [-0.05, 0) is 44.2 Å². The van der Waals surface area contributed by atoms with Crippen molar-refractivity contribution in [3.05, 3.63) is 46.9 Å². The van der Waals surface area contributed by atoms with Gasteiger partial charge in [0.15, 0.2) is 5.95 Å². The molecule has 3 fully saturated rings. The molecule has 4 heterocycles. The summed E-state index contributed by atoms with van der Waals surface area (Å²) in [5.41, 5.74) is 0.501. The fourth-order valence-electron chi connectivity index (χ4n) is 5.46. The zero-order chi connectivity index (χ0) is 25.0. The van der Waals surface area contributed by atoms with Gasteiger partial charge >= 0.3 is 5.69 Å². The van der Waals surface area contributed by atoms with Crippen LogP contribution in [0.1, 0.15) is 38.5 Å². The summed E-state index contributed by atoms with van der Waals surface area (Å²) in [6.45, 7) is 0. The number of fused-ring (bicyclic) bond motifs is 2. The minimum atomic E-state index is -0.990. The van der Waals surface area contributed by atoms with Crippen molar-refractivity contribution >= 4 is 5.95 Å². The lowest BCUT2D eigenvalue weighted by Crippen LogP contribution is -2.62. The first kappa shape index (κ1) is 23.0. The van der Waals surface area contributed by atoms with Crippen LogP contribution in [0.25, 0.3) is 22.5 Å². The number of anilines is 1. The lowest BCUT2D eigenvalue weighted by Gasteiger charge is -2.46. The average Bonchev–Trinajstić information content (AvgIpc) is 3.71. The highest BCUT2D eigenvalue weighted by molar-refractivity contribution is 5.72. The number of hydrogen-bond donors (Lipinski definition) is 2. The summed E-state index contributed by atoms with van der Waals surface area (Å²) in [5.74, 6) is -0.453. The largest absolute Gasteiger partial charge is 0.507 e. The first-order chi connectivity index (χ1) is 17.4. The van der Waals surface area contributed by atoms with E-state index in [0.717, 1.165) is 49.2 Å². The van der Waals surface area contributed by atoms with Gasteiger partial charge in [-0.2, -0.15) is 9.37 Å². The topological polar surface area (TPSA) is 109 Å². The molecule has 0 unspecified atom stereocenters. The van der Waals surface area contributed by atoms with Gasteiger partial charge in [-0.3, -0.25) is 4.57 Å². The molecule has 4 atom stereocenters. The Morgan fingerprint density at radius 2 is 1.97 bits per heavy atom. The van der Waals surface area contributed by atoms with Gasteiger partial charge in [0.1, 0.15) is 17.6 Å². The van der Waals surface area contributed by atoms with Crippen LogP contribution in [0.15, 0.2) is 35.3 Å². The van der Waals surface area contributed by atoms with Crippen molar-refractivity contribution in [1.29, 1.82) is 0 Å². The SMILES string of the molecule is Cn1c(F)cc(-c2ccc(-c3cnc(N(C4CC4)[C@H]4C[C@@H]5CCC[C@H](N5)[C@H]4F)nn3)c(O)c2)nc1=O. The summed E-state index contributed by atoms with van der Waals surface area (Å²) in [6.07, 6.45) is 6.18. The molecule has 3 aromatic rings. The van der Waals surface area contributed by atoms with E-state index >= 15 is 4.39 Å². The minimum absolute atomic E-state index is 0.115. The first-order valence-electron chi connectivity index (χ1n) is 12.3. The van der Waals surface area contributed by atoms with E-state index in [1.165, 1.54) is 19.3 Å². The van der Waals surface area contributed by atoms with Crippen LogP contribution in [0.5, 0.6) is 5.75 Å². The van der Waals surface area contributed by atoms with E-state index in [9.17, 15) is 14.3 Å². The highest BCUT2D eigenvalue weighted by Crippen LogP contribution is 2.39. The standard InChI is InChI=1S/C25H27F2N7O2/c1-33-22(26)11-18(30-25(33)36)13-5-8-16(21(35)9-13)19-12-28-24(32-31-19)34(15-6-7-15)20-10-14-3-2-4-17(29-14)23(20)27/h5,8-9,11-12,14-15,17,20,23,29,35H,2-4,6-7,10H2,1H3/t14-,17-,20-,23+/m0/s1. The van der Waals surface area contributed by atoms with E-state index in [0.29, 0.717) is 28.8 Å². The molecule has 0 radical (unpaired) electrons. The molecule has 2 bridgehead atoms. The number of hydrogen-bond acceptors (Lipinski definition) is 8. The lowest BCUT2D eigenvalue weighted by molar-refractivity contribution is 0.103. The zero-order valence-corrected chi connectivity index (χ0v) is 19.8. The molecule has 1 aliphatic carbocycles. The van der Waals surface area contributed by atoms with Gasteiger partial charge in [-0.1, -0.05) is 12.5 Å². The summed E-state index contributed by atoms with van der Waals surface area (Å²) < 4.78 is 30.2. The van der Waals surface area contributed by atoms with E-state index in [1.807, 2.05) is 4.90 Å². The number of phenols is 1. The molecule has 1 aromatic carbocycles. The Morgan fingerprint density at radius 3 is 2.67 bits per heavy atom. The van der Waals surface area contributed by atoms with Crippen molar-refractivity contribution in [1.82, 2.24) is 30.0 Å². The molecule has 2 aromatic heterocycles. The summed E-state index contributed by atoms with van der Waals surface area (Å²) in [7, 11) is 1.29. The van der Waals surface area contributed by atoms with Crippen LogP contribution in [0, 0.1) is 5.95 Å². The number of halogens is 2. The Morgan fingerprint density at radius 1 is 1.14 bits per heavy atom. The molecule has 36 heavy (non-hydrogen) atoms. The number of piperidine rings is 2. The fraction of sp³-hybridized carbons (Fsp3) is 0.480. The van der Waals surface area contributed by atoms with Crippen LogP contribution in [-0.4, -0.2) is 60.2 Å². The van der Waals surface area contributed by atoms with Crippen LogP contribution >= 0.6 is 0 Å². The Kier molecular flexibility index (Phi) is 5.66. The lowest BCUT2D eigenvalue weighted by atomic mass is 9.82. The molecule has 3 aliphatic rings. The summed E-state index contributed by atoms with van der Waals surface area (Å²) >= 11 is 0. The average molecular weight is 496 g/mol. The number of aromatic hydroxyl groups is 1. The Balaban J connectivity index is 1.26. The van der Waals surface area contributed by atoms with Crippen molar-refractivity contribution in [2.75, 3.05) is 4.90 Å². The normalized spacial score (nSPS) is 25.5. The van der Waals surface area contributed by atoms with Crippen LogP contribution in [0.4, 0.5) is 14.7 Å². The summed E-state index contributed by atoms with van der Waals surface area (Å²) in [4.78, 5) is 22.2. The minimum Gasteiger partial charge on any atom is -0.507 e. The number of nitrogens with one attached hydrogen (secondary N) is 1. The fourth-order valence-corrected chi connectivity index (χ4v) is 5.46. The maximum Gasteiger partial charge on any atom is 0.350 e. The van der Waals surface area contributed by atoms with Gasteiger partial charge in [0.2, 0.25) is 5.95 Å². The molecule has 1 saturated carbocycles. The molecule has 2 aliphatic heterocycles. The molecule has 2 N–H and O–H groups in total. The number of aromatic nitrogens is 5. The number of alkyl halides is 1. The zero-order valence-electron chi connectivity index (χ0n) is 19.8. The maximum atomic E-state index is 15.4. The Hall–Kier alpha value is -3.47. The Labute approximate surface area is 206 Å². The van der Waals surface area contributed by atoms with Gasteiger partial charge in [0.05, 0.1) is 17.9 Å². The molecule has 2 saturated heterocycles. The first-order valence-corrected chi connectivity index (χ1v) is 12.3. The number of nitrogens with zero attached hydrogens (tertiary/aromatic N) is 6. The molecule has 188 valence electrons. The van der Waals surface area contributed by atoms with Crippen molar-refractivity contribution in [2.45, 2.75) is 68.9 Å². The van der Waals surface area contributed by atoms with E-state index in [-0.39, 0.29) is 29.6 Å². The second-order valence-corrected chi connectivity index (χ2v) is 9.97. The van der Waals surface area contributed by atoms with Crippen LogP contribution < -0.4 is 15.9 Å². The van der Waals surface area contributed by atoms with E-state index < -0.39 is 17.8 Å². The number of rotatable bonds is 5. The third-order valence-electron chi connectivity index (χ3n) is 7.52. The monoisotopic (exact) mass is 495 g/mol. The van der Waals surface area contributed by atoms with Gasteiger partial charge in [0, 0.05) is 42.4 Å². The van der Waals surface area contributed by atoms with Gasteiger partial charge < -0.3 is 15.3 Å². The highest BCUT2D eigenvalue weighted by atomic mass is 19.1. The third-order valence-corrected chi connectivity index (χ3v) is 7.52. The molecule has 6 rings (SSSR count). The van der Waals surface area contributed by atoms with E-state index in [4.69, 9.17) is 0 Å². The van der Waals surface area contributed by atoms with Crippen LogP contribution in [0.3, 0.4) is 0 Å². The van der Waals surface area contributed by atoms with Crippen molar-refractivity contribution in [2.24, 2.45) is 7.05 Å².